The van der Waals surface area contributed by atoms with Crippen LogP contribution in [0, 0.1) is 5.82 Å². The third-order valence-electron chi connectivity index (χ3n) is 3.48. The first-order valence-electron chi connectivity index (χ1n) is 7.54. The molecule has 0 aromatic heterocycles. The third-order valence-corrected chi connectivity index (χ3v) is 3.48. The summed E-state index contributed by atoms with van der Waals surface area (Å²) < 4.78 is 25.3. The maximum Gasteiger partial charge on any atom is 0.131 e. The summed E-state index contributed by atoms with van der Waals surface area (Å²) in [6, 6.07) is 10.1. The standard InChI is InChI=1S/C19H23FO3/c1-19(2,3)23-12-14-9-13(11-21)5-7-16(14)17-10-15(22-4)6-8-18(17)20/h5-10,21H,11-12H2,1-4H3. The van der Waals surface area contributed by atoms with Crippen LogP contribution in [0.5, 0.6) is 5.75 Å². The molecule has 0 saturated carbocycles. The average molecular weight is 318 g/mol. The average Bonchev–Trinajstić information content (AvgIpc) is 2.52. The lowest BCUT2D eigenvalue weighted by atomic mass is 9.97. The third kappa shape index (κ3) is 4.53. The van der Waals surface area contributed by atoms with Gasteiger partial charge in [-0.1, -0.05) is 18.2 Å². The van der Waals surface area contributed by atoms with Crippen LogP contribution in [0.4, 0.5) is 4.39 Å². The zero-order valence-corrected chi connectivity index (χ0v) is 14.0. The highest BCUT2D eigenvalue weighted by Crippen LogP contribution is 2.31. The van der Waals surface area contributed by atoms with Crippen molar-refractivity contribution in [2.24, 2.45) is 0 Å². The summed E-state index contributed by atoms with van der Waals surface area (Å²) in [6.45, 7) is 6.17. The molecule has 0 bridgehead atoms. The molecule has 0 fully saturated rings. The summed E-state index contributed by atoms with van der Waals surface area (Å²) in [4.78, 5) is 0. The van der Waals surface area contributed by atoms with Gasteiger partial charge in [-0.05, 0) is 55.7 Å². The van der Waals surface area contributed by atoms with Crippen LogP contribution in [-0.2, 0) is 18.0 Å². The number of hydrogen-bond acceptors (Lipinski definition) is 3. The number of rotatable bonds is 5. The van der Waals surface area contributed by atoms with E-state index in [9.17, 15) is 9.50 Å². The molecule has 2 aromatic rings. The Morgan fingerprint density at radius 2 is 1.78 bits per heavy atom. The van der Waals surface area contributed by atoms with Gasteiger partial charge in [0.15, 0.2) is 0 Å². The summed E-state index contributed by atoms with van der Waals surface area (Å²) >= 11 is 0. The molecule has 0 heterocycles. The molecule has 0 saturated heterocycles. The van der Waals surface area contributed by atoms with Gasteiger partial charge < -0.3 is 14.6 Å². The fourth-order valence-electron chi connectivity index (χ4n) is 2.26. The van der Waals surface area contributed by atoms with Crippen LogP contribution in [0.25, 0.3) is 11.1 Å². The van der Waals surface area contributed by atoms with Gasteiger partial charge in [-0.2, -0.15) is 0 Å². The normalized spacial score (nSPS) is 11.6. The number of ether oxygens (including phenoxy) is 2. The first kappa shape index (κ1) is 17.4. The fraction of sp³-hybridized carbons (Fsp3) is 0.368. The van der Waals surface area contributed by atoms with E-state index in [4.69, 9.17) is 9.47 Å². The molecule has 1 N–H and O–H groups in total. The highest BCUT2D eigenvalue weighted by molar-refractivity contribution is 5.69. The molecule has 0 atom stereocenters. The summed E-state index contributed by atoms with van der Waals surface area (Å²) in [5.74, 6) is 0.273. The summed E-state index contributed by atoms with van der Waals surface area (Å²) in [7, 11) is 1.55. The van der Waals surface area contributed by atoms with Crippen LogP contribution in [0.3, 0.4) is 0 Å². The van der Waals surface area contributed by atoms with Crippen molar-refractivity contribution < 1.29 is 19.0 Å². The molecule has 0 aliphatic rings. The zero-order chi connectivity index (χ0) is 17.0. The molecule has 0 radical (unpaired) electrons. The van der Waals surface area contributed by atoms with Crippen molar-refractivity contribution in [3.63, 3.8) is 0 Å². The Bertz CT molecular complexity index is 675. The predicted octanol–water partition coefficient (Wildman–Crippen LogP) is 4.31. The van der Waals surface area contributed by atoms with Crippen LogP contribution in [0.15, 0.2) is 36.4 Å². The Hall–Kier alpha value is -1.91. The fourth-order valence-corrected chi connectivity index (χ4v) is 2.26. The Kier molecular flexibility index (Phi) is 5.39. The number of halogens is 1. The maximum absolute atomic E-state index is 14.3. The summed E-state index contributed by atoms with van der Waals surface area (Å²) in [6.07, 6.45) is 0. The number of methoxy groups -OCH3 is 1. The van der Waals surface area contributed by atoms with E-state index in [2.05, 4.69) is 0 Å². The molecule has 124 valence electrons. The maximum atomic E-state index is 14.3. The Morgan fingerprint density at radius 3 is 2.39 bits per heavy atom. The molecule has 2 rings (SSSR count). The van der Waals surface area contributed by atoms with Crippen molar-refractivity contribution in [1.82, 2.24) is 0 Å². The van der Waals surface area contributed by atoms with Gasteiger partial charge in [0.1, 0.15) is 11.6 Å². The Morgan fingerprint density at radius 1 is 1.04 bits per heavy atom. The quantitative estimate of drug-likeness (QED) is 0.893. The smallest absolute Gasteiger partial charge is 0.131 e. The van der Waals surface area contributed by atoms with E-state index in [0.29, 0.717) is 17.9 Å². The van der Waals surface area contributed by atoms with E-state index >= 15 is 0 Å². The van der Waals surface area contributed by atoms with Gasteiger partial charge in [0, 0.05) is 5.56 Å². The minimum Gasteiger partial charge on any atom is -0.497 e. The number of hydrogen-bond donors (Lipinski definition) is 1. The lowest BCUT2D eigenvalue weighted by Crippen LogP contribution is -2.19. The van der Waals surface area contributed by atoms with Crippen molar-refractivity contribution in [2.45, 2.75) is 39.6 Å². The molecular weight excluding hydrogens is 295 g/mol. The first-order valence-corrected chi connectivity index (χ1v) is 7.54. The molecule has 0 amide bonds. The van der Waals surface area contributed by atoms with Gasteiger partial charge in [0.25, 0.3) is 0 Å². The van der Waals surface area contributed by atoms with Crippen LogP contribution in [0.1, 0.15) is 31.9 Å². The minimum atomic E-state index is -0.320. The Balaban J connectivity index is 2.48. The van der Waals surface area contributed by atoms with E-state index in [0.717, 1.165) is 16.7 Å². The molecule has 0 aliphatic carbocycles. The zero-order valence-electron chi connectivity index (χ0n) is 14.0. The van der Waals surface area contributed by atoms with Crippen molar-refractivity contribution in [3.05, 3.63) is 53.3 Å². The predicted molar refractivity (Wildman–Crippen MR) is 88.9 cm³/mol. The number of aliphatic hydroxyl groups is 1. The molecular formula is C19H23FO3. The van der Waals surface area contributed by atoms with Gasteiger partial charge in [-0.3, -0.25) is 0 Å². The second kappa shape index (κ2) is 7.11. The van der Waals surface area contributed by atoms with Crippen LogP contribution < -0.4 is 4.74 Å². The first-order chi connectivity index (χ1) is 10.8. The molecule has 3 nitrogen and oxygen atoms in total. The van der Waals surface area contributed by atoms with Crippen molar-refractivity contribution in [3.8, 4) is 16.9 Å². The van der Waals surface area contributed by atoms with Gasteiger partial charge in [0.2, 0.25) is 0 Å². The van der Waals surface area contributed by atoms with E-state index in [1.54, 1.807) is 25.3 Å². The van der Waals surface area contributed by atoms with E-state index in [-0.39, 0.29) is 18.0 Å². The van der Waals surface area contributed by atoms with Crippen LogP contribution in [0.2, 0.25) is 0 Å². The highest BCUT2D eigenvalue weighted by Gasteiger charge is 2.15. The second-order valence-electron chi connectivity index (χ2n) is 6.40. The van der Waals surface area contributed by atoms with Gasteiger partial charge in [-0.25, -0.2) is 4.39 Å². The lowest BCUT2D eigenvalue weighted by molar-refractivity contribution is -0.0148. The number of aliphatic hydroxyl groups excluding tert-OH is 1. The molecule has 2 aromatic carbocycles. The van der Waals surface area contributed by atoms with Gasteiger partial charge in [-0.15, -0.1) is 0 Å². The molecule has 23 heavy (non-hydrogen) atoms. The van der Waals surface area contributed by atoms with E-state index in [1.807, 2.05) is 32.9 Å². The molecule has 0 unspecified atom stereocenters. The minimum absolute atomic E-state index is 0.0661. The van der Waals surface area contributed by atoms with E-state index < -0.39 is 0 Å². The second-order valence-corrected chi connectivity index (χ2v) is 6.40. The van der Waals surface area contributed by atoms with E-state index in [1.165, 1.54) is 6.07 Å². The van der Waals surface area contributed by atoms with Crippen molar-refractivity contribution in [2.75, 3.05) is 7.11 Å². The summed E-state index contributed by atoms with van der Waals surface area (Å²) in [5.41, 5.74) is 2.49. The summed E-state index contributed by atoms with van der Waals surface area (Å²) in [5, 5.41) is 9.35. The SMILES string of the molecule is COc1ccc(F)c(-c2ccc(CO)cc2COC(C)(C)C)c1. The van der Waals surface area contributed by atoms with Crippen LogP contribution in [-0.4, -0.2) is 17.8 Å². The monoisotopic (exact) mass is 318 g/mol. The topological polar surface area (TPSA) is 38.7 Å². The highest BCUT2D eigenvalue weighted by atomic mass is 19.1. The van der Waals surface area contributed by atoms with Crippen molar-refractivity contribution >= 4 is 0 Å². The Labute approximate surface area is 136 Å². The largest absolute Gasteiger partial charge is 0.497 e. The van der Waals surface area contributed by atoms with Crippen molar-refractivity contribution in [1.29, 1.82) is 0 Å². The van der Waals surface area contributed by atoms with Crippen LogP contribution >= 0.6 is 0 Å². The van der Waals surface area contributed by atoms with Gasteiger partial charge in [0.05, 0.1) is 25.9 Å². The molecule has 0 aliphatic heterocycles. The molecule has 4 heteroatoms. The lowest BCUT2D eigenvalue weighted by Gasteiger charge is -2.21. The molecule has 0 spiro atoms. The van der Waals surface area contributed by atoms with Gasteiger partial charge >= 0.3 is 0 Å². The number of benzene rings is 2.